The molecule has 0 heterocycles. The van der Waals surface area contributed by atoms with Gasteiger partial charge in [0.25, 0.3) is 0 Å². The number of benzene rings is 1. The third kappa shape index (κ3) is 4.59. The number of aliphatic hydroxyl groups excluding tert-OH is 3. The Morgan fingerprint density at radius 2 is 1.72 bits per heavy atom. The highest BCUT2D eigenvalue weighted by atomic mass is 16.3. The van der Waals surface area contributed by atoms with E-state index in [1.165, 1.54) is 24.8 Å². The SMILES string of the molecule is C[C@H](CCCN(C)Cc1ccccc1)C1CC[C@H]2C3[C@H](O)CC4C[C@H](O)CCC4(C)[C@H]3C[C@H](O)C12C. The molecule has 1 aromatic rings. The second-order valence-electron chi connectivity index (χ2n) is 13.9. The Balaban J connectivity index is 1.24. The van der Waals surface area contributed by atoms with Crippen molar-refractivity contribution < 1.29 is 15.3 Å². The summed E-state index contributed by atoms with van der Waals surface area (Å²) in [4.78, 5) is 2.43. The summed E-state index contributed by atoms with van der Waals surface area (Å²) in [5.41, 5.74) is 1.43. The van der Waals surface area contributed by atoms with Crippen molar-refractivity contribution in [3.8, 4) is 0 Å². The number of hydrogen-bond donors (Lipinski definition) is 3. The molecule has 4 saturated carbocycles. The zero-order valence-corrected chi connectivity index (χ0v) is 23.1. The lowest BCUT2D eigenvalue weighted by molar-refractivity contribution is -0.207. The highest BCUT2D eigenvalue weighted by Gasteiger charge is 2.65. The van der Waals surface area contributed by atoms with Gasteiger partial charge in [-0.2, -0.15) is 0 Å². The average molecular weight is 498 g/mol. The smallest absolute Gasteiger partial charge is 0.0602 e. The summed E-state index contributed by atoms with van der Waals surface area (Å²) in [7, 11) is 2.22. The predicted molar refractivity (Wildman–Crippen MR) is 145 cm³/mol. The zero-order valence-electron chi connectivity index (χ0n) is 23.1. The Morgan fingerprint density at radius 3 is 2.47 bits per heavy atom. The molecule has 4 aliphatic carbocycles. The van der Waals surface area contributed by atoms with Crippen LogP contribution in [0.4, 0.5) is 0 Å². The maximum atomic E-state index is 11.8. The Kier molecular flexibility index (Phi) is 7.64. The second-order valence-corrected chi connectivity index (χ2v) is 13.9. The summed E-state index contributed by atoms with van der Waals surface area (Å²) in [6.45, 7) is 9.31. The van der Waals surface area contributed by atoms with Crippen molar-refractivity contribution in [2.24, 2.45) is 46.3 Å². The van der Waals surface area contributed by atoms with Gasteiger partial charge in [-0.3, -0.25) is 0 Å². The third-order valence-corrected chi connectivity index (χ3v) is 12.0. The number of rotatable bonds is 7. The average Bonchev–Trinajstić information content (AvgIpc) is 3.20. The van der Waals surface area contributed by atoms with Crippen LogP contribution in [0.25, 0.3) is 0 Å². The molecule has 0 aromatic heterocycles. The van der Waals surface area contributed by atoms with Crippen molar-refractivity contribution in [2.75, 3.05) is 13.6 Å². The first-order valence-corrected chi connectivity index (χ1v) is 14.9. The lowest BCUT2D eigenvalue weighted by Crippen LogP contribution is -2.62. The minimum Gasteiger partial charge on any atom is -0.393 e. The van der Waals surface area contributed by atoms with Gasteiger partial charge in [-0.05, 0) is 123 Å². The Hall–Kier alpha value is -0.940. The van der Waals surface area contributed by atoms with Gasteiger partial charge in [0, 0.05) is 6.54 Å². The van der Waals surface area contributed by atoms with Gasteiger partial charge in [-0.15, -0.1) is 0 Å². The molecule has 4 aliphatic rings. The van der Waals surface area contributed by atoms with Crippen molar-refractivity contribution in [3.05, 3.63) is 35.9 Å². The van der Waals surface area contributed by atoms with Gasteiger partial charge in [0.2, 0.25) is 0 Å². The summed E-state index contributed by atoms with van der Waals surface area (Å²) in [5, 5.41) is 33.6. The summed E-state index contributed by atoms with van der Waals surface area (Å²) >= 11 is 0. The van der Waals surface area contributed by atoms with Crippen LogP contribution in [-0.2, 0) is 6.54 Å². The van der Waals surface area contributed by atoms with Crippen LogP contribution in [0.1, 0.15) is 84.1 Å². The van der Waals surface area contributed by atoms with Crippen LogP contribution < -0.4 is 0 Å². The molecule has 4 nitrogen and oxygen atoms in total. The van der Waals surface area contributed by atoms with Crippen LogP contribution in [0.15, 0.2) is 30.3 Å². The Labute approximate surface area is 219 Å². The van der Waals surface area contributed by atoms with E-state index in [0.29, 0.717) is 35.5 Å². The minimum absolute atomic E-state index is 0.0884. The molecule has 0 bridgehead atoms. The fourth-order valence-corrected chi connectivity index (χ4v) is 9.99. The summed E-state index contributed by atoms with van der Waals surface area (Å²) < 4.78 is 0. The van der Waals surface area contributed by atoms with Gasteiger partial charge < -0.3 is 20.2 Å². The van der Waals surface area contributed by atoms with E-state index in [9.17, 15) is 15.3 Å². The van der Waals surface area contributed by atoms with Crippen molar-refractivity contribution in [1.82, 2.24) is 4.90 Å². The zero-order chi connectivity index (χ0) is 25.7. The normalized spacial score (nSPS) is 45.1. The van der Waals surface area contributed by atoms with Gasteiger partial charge in [-0.1, -0.05) is 51.1 Å². The van der Waals surface area contributed by atoms with Crippen molar-refractivity contribution in [3.63, 3.8) is 0 Å². The fraction of sp³-hybridized carbons (Fsp3) is 0.812. The van der Waals surface area contributed by atoms with E-state index in [2.05, 4.69) is 63.1 Å². The molecule has 0 saturated heterocycles. The summed E-state index contributed by atoms with van der Waals surface area (Å²) in [6, 6.07) is 10.7. The lowest BCUT2D eigenvalue weighted by atomic mass is 9.43. The molecule has 0 spiro atoms. The van der Waals surface area contributed by atoms with Crippen LogP contribution in [0, 0.1) is 46.3 Å². The number of hydrogen-bond acceptors (Lipinski definition) is 4. The van der Waals surface area contributed by atoms with Crippen LogP contribution >= 0.6 is 0 Å². The standard InChI is InChI=1S/C32H51NO3/c1-21(9-8-16-33(4)20-22-10-6-5-7-11-22)25-12-13-26-30-27(19-29(36)32(25,26)3)31(2)15-14-24(34)17-23(31)18-28(30)35/h5-7,10-11,21,23-30,34-36H,8-9,12-20H2,1-4H3/t21-,23?,24-,25?,26+,27+,28-,29+,30?,31?,32?/m1/s1. The monoisotopic (exact) mass is 497 g/mol. The molecular weight excluding hydrogens is 446 g/mol. The first kappa shape index (κ1) is 26.7. The maximum Gasteiger partial charge on any atom is 0.0602 e. The van der Waals surface area contributed by atoms with E-state index in [-0.39, 0.29) is 29.1 Å². The molecule has 0 amide bonds. The van der Waals surface area contributed by atoms with E-state index in [1.54, 1.807) is 0 Å². The quantitative estimate of drug-likeness (QED) is 0.466. The number of aliphatic hydroxyl groups is 3. The molecule has 202 valence electrons. The Bertz CT molecular complexity index is 877. The van der Waals surface area contributed by atoms with E-state index < -0.39 is 0 Å². The van der Waals surface area contributed by atoms with E-state index in [0.717, 1.165) is 51.6 Å². The number of nitrogens with zero attached hydrogens (tertiary/aromatic N) is 1. The molecule has 11 atom stereocenters. The van der Waals surface area contributed by atoms with E-state index in [1.807, 2.05) is 0 Å². The number of fused-ring (bicyclic) bond motifs is 5. The van der Waals surface area contributed by atoms with Gasteiger partial charge in [0.05, 0.1) is 18.3 Å². The van der Waals surface area contributed by atoms with Crippen molar-refractivity contribution in [1.29, 1.82) is 0 Å². The van der Waals surface area contributed by atoms with E-state index in [4.69, 9.17) is 0 Å². The predicted octanol–water partition coefficient (Wildman–Crippen LogP) is 5.50. The van der Waals surface area contributed by atoms with Crippen molar-refractivity contribution in [2.45, 2.75) is 103 Å². The molecule has 4 heteroatoms. The van der Waals surface area contributed by atoms with E-state index >= 15 is 0 Å². The molecule has 36 heavy (non-hydrogen) atoms. The fourth-order valence-electron chi connectivity index (χ4n) is 9.99. The highest BCUT2D eigenvalue weighted by Crippen LogP contribution is 2.68. The second kappa shape index (κ2) is 10.3. The molecule has 5 unspecified atom stereocenters. The summed E-state index contributed by atoms with van der Waals surface area (Å²) in [6.07, 6.45) is 8.37. The van der Waals surface area contributed by atoms with Crippen LogP contribution in [0.3, 0.4) is 0 Å². The third-order valence-electron chi connectivity index (χ3n) is 12.0. The van der Waals surface area contributed by atoms with Gasteiger partial charge in [-0.25, -0.2) is 0 Å². The molecule has 0 radical (unpaired) electrons. The topological polar surface area (TPSA) is 63.9 Å². The van der Waals surface area contributed by atoms with Crippen LogP contribution in [-0.4, -0.2) is 52.1 Å². The minimum atomic E-state index is -0.283. The Morgan fingerprint density at radius 1 is 0.972 bits per heavy atom. The van der Waals surface area contributed by atoms with Gasteiger partial charge >= 0.3 is 0 Å². The van der Waals surface area contributed by atoms with Crippen molar-refractivity contribution >= 4 is 0 Å². The molecular formula is C32H51NO3. The van der Waals surface area contributed by atoms with Gasteiger partial charge in [0.1, 0.15) is 0 Å². The largest absolute Gasteiger partial charge is 0.393 e. The molecule has 1 aromatic carbocycles. The van der Waals surface area contributed by atoms with Crippen LogP contribution in [0.5, 0.6) is 0 Å². The van der Waals surface area contributed by atoms with Crippen LogP contribution in [0.2, 0.25) is 0 Å². The molecule has 4 fully saturated rings. The maximum absolute atomic E-state index is 11.8. The van der Waals surface area contributed by atoms with Gasteiger partial charge in [0.15, 0.2) is 0 Å². The molecule has 0 aliphatic heterocycles. The molecule has 3 N–H and O–H groups in total. The lowest BCUT2D eigenvalue weighted by Gasteiger charge is -2.63. The molecule has 5 rings (SSSR count). The first-order valence-electron chi connectivity index (χ1n) is 14.9. The first-order chi connectivity index (χ1) is 17.1. The summed E-state index contributed by atoms with van der Waals surface area (Å²) in [5.74, 6) is 2.61. The highest BCUT2D eigenvalue weighted by molar-refractivity contribution is 5.15.